The summed E-state index contributed by atoms with van der Waals surface area (Å²) in [7, 11) is 1.34. The van der Waals surface area contributed by atoms with Crippen LogP contribution in [-0.2, 0) is 4.74 Å². The van der Waals surface area contributed by atoms with Crippen molar-refractivity contribution in [3.05, 3.63) is 29.3 Å². The minimum Gasteiger partial charge on any atom is -0.465 e. The molecule has 1 aromatic heterocycles. The smallest absolute Gasteiger partial charge is 0.337 e. The zero-order valence-corrected chi connectivity index (χ0v) is 11.9. The fourth-order valence-electron chi connectivity index (χ4n) is 2.76. The average Bonchev–Trinajstić information content (AvgIpc) is 2.92. The quantitative estimate of drug-likeness (QED) is 0.793. The molecule has 0 bridgehead atoms. The molecule has 1 saturated heterocycles. The van der Waals surface area contributed by atoms with Gasteiger partial charge in [-0.2, -0.15) is 5.26 Å². The summed E-state index contributed by atoms with van der Waals surface area (Å²) < 4.78 is 10.6. The van der Waals surface area contributed by atoms with E-state index < -0.39 is 5.97 Å². The number of esters is 1. The van der Waals surface area contributed by atoms with Crippen molar-refractivity contribution in [2.45, 2.75) is 19.3 Å². The third-order valence-electron chi connectivity index (χ3n) is 3.85. The first-order chi connectivity index (χ1) is 10.2. The van der Waals surface area contributed by atoms with Crippen LogP contribution < -0.4 is 4.90 Å². The Bertz CT molecular complexity index is 721. The van der Waals surface area contributed by atoms with Crippen LogP contribution in [0.2, 0.25) is 0 Å². The number of nitrogens with zero attached hydrogens (tertiary/aromatic N) is 2. The van der Waals surface area contributed by atoms with Crippen LogP contribution in [0, 0.1) is 11.3 Å². The van der Waals surface area contributed by atoms with Gasteiger partial charge in [0.15, 0.2) is 0 Å². The molecular weight excluding hydrogens is 268 g/mol. The minimum absolute atomic E-state index is 0.415. The van der Waals surface area contributed by atoms with E-state index in [2.05, 4.69) is 11.0 Å². The molecule has 0 saturated carbocycles. The van der Waals surface area contributed by atoms with Crippen LogP contribution in [0.5, 0.6) is 0 Å². The molecule has 1 aliphatic rings. The van der Waals surface area contributed by atoms with E-state index in [4.69, 9.17) is 9.15 Å². The highest BCUT2D eigenvalue weighted by Crippen LogP contribution is 2.34. The highest BCUT2D eigenvalue weighted by atomic mass is 16.5. The number of benzene rings is 1. The summed E-state index contributed by atoms with van der Waals surface area (Å²) in [6.07, 6.45) is 3.43. The Morgan fingerprint density at radius 2 is 2.10 bits per heavy atom. The van der Waals surface area contributed by atoms with Crippen molar-refractivity contribution in [3.63, 3.8) is 0 Å². The van der Waals surface area contributed by atoms with E-state index >= 15 is 0 Å². The van der Waals surface area contributed by atoms with E-state index in [1.165, 1.54) is 13.5 Å². The Kier molecular flexibility index (Phi) is 3.53. The first kappa shape index (κ1) is 13.5. The second-order valence-electron chi connectivity index (χ2n) is 5.14. The summed E-state index contributed by atoms with van der Waals surface area (Å²) in [5.74, 6) is 0.204. The Hall–Kier alpha value is -2.48. The molecule has 0 atom stereocenters. The lowest BCUT2D eigenvalue weighted by molar-refractivity contribution is 0.0601. The van der Waals surface area contributed by atoms with E-state index in [1.807, 2.05) is 0 Å². The zero-order valence-electron chi connectivity index (χ0n) is 11.9. The SMILES string of the molecule is COC(=O)c1ccc2oc(N3CCCCC3)c(C#N)c2c1. The first-order valence-corrected chi connectivity index (χ1v) is 7.04. The molecule has 0 radical (unpaired) electrons. The van der Waals surface area contributed by atoms with Gasteiger partial charge in [-0.15, -0.1) is 0 Å². The average molecular weight is 284 g/mol. The highest BCUT2D eigenvalue weighted by Gasteiger charge is 2.22. The normalized spacial score (nSPS) is 15.0. The fourth-order valence-corrected chi connectivity index (χ4v) is 2.76. The molecule has 0 unspecified atom stereocenters. The molecule has 0 amide bonds. The number of furan rings is 1. The number of carbonyl (C=O) groups excluding carboxylic acids is 1. The molecule has 0 spiro atoms. The molecule has 3 rings (SSSR count). The Morgan fingerprint density at radius 1 is 1.33 bits per heavy atom. The summed E-state index contributed by atoms with van der Waals surface area (Å²) in [6, 6.07) is 7.25. The van der Waals surface area contributed by atoms with Crippen LogP contribution in [0.15, 0.2) is 22.6 Å². The lowest BCUT2D eigenvalue weighted by Crippen LogP contribution is -2.29. The minimum atomic E-state index is -0.415. The molecule has 1 fully saturated rings. The second-order valence-corrected chi connectivity index (χ2v) is 5.14. The number of nitriles is 1. The van der Waals surface area contributed by atoms with Gasteiger partial charge in [-0.1, -0.05) is 0 Å². The maximum absolute atomic E-state index is 11.6. The van der Waals surface area contributed by atoms with Crippen molar-refractivity contribution in [2.75, 3.05) is 25.1 Å². The molecule has 108 valence electrons. The summed E-state index contributed by atoms with van der Waals surface area (Å²) in [5.41, 5.74) is 1.55. The number of piperidine rings is 1. The van der Waals surface area contributed by atoms with Gasteiger partial charge in [0, 0.05) is 18.5 Å². The second kappa shape index (κ2) is 5.49. The van der Waals surface area contributed by atoms with E-state index in [9.17, 15) is 10.1 Å². The van der Waals surface area contributed by atoms with Crippen LogP contribution in [0.4, 0.5) is 5.88 Å². The van der Waals surface area contributed by atoms with Crippen molar-refractivity contribution >= 4 is 22.8 Å². The van der Waals surface area contributed by atoms with Crippen molar-refractivity contribution in [1.29, 1.82) is 5.26 Å². The van der Waals surface area contributed by atoms with Crippen LogP contribution in [0.3, 0.4) is 0 Å². The van der Waals surface area contributed by atoms with Crippen LogP contribution in [-0.4, -0.2) is 26.2 Å². The van der Waals surface area contributed by atoms with Gasteiger partial charge in [-0.05, 0) is 37.5 Å². The number of hydrogen-bond donors (Lipinski definition) is 0. The number of methoxy groups -OCH3 is 1. The van der Waals surface area contributed by atoms with Gasteiger partial charge in [0.2, 0.25) is 5.88 Å². The summed E-state index contributed by atoms with van der Waals surface area (Å²) in [5, 5.41) is 10.1. The predicted octanol–water partition coefficient (Wildman–Crippen LogP) is 3.08. The lowest BCUT2D eigenvalue weighted by Gasteiger charge is -2.26. The highest BCUT2D eigenvalue weighted by molar-refractivity contribution is 5.97. The molecular formula is C16H16N2O3. The fraction of sp³-hybridized carbons (Fsp3) is 0.375. The third kappa shape index (κ3) is 2.33. The topological polar surface area (TPSA) is 66.5 Å². The van der Waals surface area contributed by atoms with E-state index in [1.54, 1.807) is 18.2 Å². The largest absolute Gasteiger partial charge is 0.465 e. The van der Waals surface area contributed by atoms with Crippen LogP contribution in [0.25, 0.3) is 11.0 Å². The van der Waals surface area contributed by atoms with E-state index in [0.29, 0.717) is 28.0 Å². The molecule has 2 heterocycles. The first-order valence-electron chi connectivity index (χ1n) is 7.04. The molecule has 0 N–H and O–H groups in total. The summed E-state index contributed by atoms with van der Waals surface area (Å²) in [4.78, 5) is 13.7. The standard InChI is InChI=1S/C16H16N2O3/c1-20-16(19)11-5-6-14-12(9-11)13(10-17)15(21-14)18-7-3-2-4-8-18/h5-6,9H,2-4,7-8H2,1H3. The van der Waals surface area contributed by atoms with E-state index in [-0.39, 0.29) is 0 Å². The molecule has 21 heavy (non-hydrogen) atoms. The third-order valence-corrected chi connectivity index (χ3v) is 3.85. The monoisotopic (exact) mass is 284 g/mol. The van der Waals surface area contributed by atoms with Gasteiger partial charge in [-0.3, -0.25) is 0 Å². The van der Waals surface area contributed by atoms with Crippen molar-refractivity contribution in [2.24, 2.45) is 0 Å². The Labute approximate surface area is 122 Å². The zero-order chi connectivity index (χ0) is 14.8. The molecule has 1 aliphatic heterocycles. The molecule has 2 aromatic rings. The van der Waals surface area contributed by atoms with E-state index in [0.717, 1.165) is 25.9 Å². The number of ether oxygens (including phenoxy) is 1. The van der Waals surface area contributed by atoms with Crippen molar-refractivity contribution in [1.82, 2.24) is 0 Å². The molecule has 1 aromatic carbocycles. The van der Waals surface area contributed by atoms with Gasteiger partial charge < -0.3 is 14.1 Å². The van der Waals surface area contributed by atoms with Gasteiger partial charge in [0.25, 0.3) is 0 Å². The Balaban J connectivity index is 2.10. The van der Waals surface area contributed by atoms with Gasteiger partial charge >= 0.3 is 5.97 Å². The predicted molar refractivity (Wildman–Crippen MR) is 78.3 cm³/mol. The van der Waals surface area contributed by atoms with Crippen LogP contribution >= 0.6 is 0 Å². The summed E-state index contributed by atoms with van der Waals surface area (Å²) >= 11 is 0. The maximum atomic E-state index is 11.6. The van der Waals surface area contributed by atoms with Gasteiger partial charge in [0.1, 0.15) is 17.2 Å². The Morgan fingerprint density at radius 3 is 2.76 bits per heavy atom. The van der Waals surface area contributed by atoms with Gasteiger partial charge in [-0.25, -0.2) is 4.79 Å². The summed E-state index contributed by atoms with van der Waals surface area (Å²) in [6.45, 7) is 1.80. The number of anilines is 1. The van der Waals surface area contributed by atoms with Crippen molar-refractivity contribution in [3.8, 4) is 6.07 Å². The van der Waals surface area contributed by atoms with Gasteiger partial charge in [0.05, 0.1) is 12.7 Å². The van der Waals surface area contributed by atoms with Crippen molar-refractivity contribution < 1.29 is 13.9 Å². The molecule has 0 aliphatic carbocycles. The number of hydrogen-bond acceptors (Lipinski definition) is 5. The van der Waals surface area contributed by atoms with Crippen LogP contribution in [0.1, 0.15) is 35.2 Å². The lowest BCUT2D eigenvalue weighted by atomic mass is 10.1. The maximum Gasteiger partial charge on any atom is 0.337 e. The molecule has 5 nitrogen and oxygen atoms in total. The number of carbonyl (C=O) groups is 1. The number of rotatable bonds is 2. The number of fused-ring (bicyclic) bond motifs is 1. The molecule has 5 heteroatoms.